The van der Waals surface area contributed by atoms with Crippen LogP contribution in [0.4, 0.5) is 0 Å². The smallest absolute Gasteiger partial charge is 0.337 e. The largest absolute Gasteiger partial charge is 0.493 e. The van der Waals surface area contributed by atoms with Crippen molar-refractivity contribution in [1.82, 2.24) is 4.57 Å². The molecule has 0 fully saturated rings. The second-order valence-electron chi connectivity index (χ2n) is 5.27. The molecule has 124 valence electrons. The van der Waals surface area contributed by atoms with Crippen LogP contribution in [0.3, 0.4) is 0 Å². The number of ether oxygens (including phenoxy) is 3. The second kappa shape index (κ2) is 7.08. The molecule has 0 atom stereocenters. The van der Waals surface area contributed by atoms with Gasteiger partial charge in [0.1, 0.15) is 6.61 Å². The van der Waals surface area contributed by atoms with Crippen LogP contribution in [0.1, 0.15) is 10.4 Å². The molecule has 3 rings (SSSR count). The quantitative estimate of drug-likeness (QED) is 0.651. The zero-order chi connectivity index (χ0) is 16.9. The van der Waals surface area contributed by atoms with Gasteiger partial charge >= 0.3 is 5.97 Å². The van der Waals surface area contributed by atoms with Gasteiger partial charge in [0.25, 0.3) is 0 Å². The molecule has 24 heavy (non-hydrogen) atoms. The Kier molecular flexibility index (Phi) is 4.70. The maximum atomic E-state index is 11.7. The van der Waals surface area contributed by atoms with E-state index >= 15 is 0 Å². The van der Waals surface area contributed by atoms with Crippen LogP contribution in [-0.2, 0) is 11.3 Å². The lowest BCUT2D eigenvalue weighted by molar-refractivity contribution is 0.0601. The minimum absolute atomic E-state index is 0.338. The fourth-order valence-corrected chi connectivity index (χ4v) is 2.62. The van der Waals surface area contributed by atoms with Crippen molar-refractivity contribution >= 4 is 16.9 Å². The highest BCUT2D eigenvalue weighted by Gasteiger charge is 2.09. The Morgan fingerprint density at radius 2 is 1.83 bits per heavy atom. The number of carbonyl (C=O) groups excluding carboxylic acids is 1. The summed E-state index contributed by atoms with van der Waals surface area (Å²) >= 11 is 0. The molecular formula is C19H19NO4. The predicted molar refractivity (Wildman–Crippen MR) is 91.8 cm³/mol. The number of esters is 1. The van der Waals surface area contributed by atoms with Crippen molar-refractivity contribution in [2.75, 3.05) is 20.8 Å². The van der Waals surface area contributed by atoms with E-state index in [-0.39, 0.29) is 5.97 Å². The van der Waals surface area contributed by atoms with Gasteiger partial charge in [0.2, 0.25) is 0 Å². The molecule has 0 radical (unpaired) electrons. The third-order valence-corrected chi connectivity index (χ3v) is 3.85. The van der Waals surface area contributed by atoms with E-state index in [2.05, 4.69) is 4.57 Å². The molecule has 0 amide bonds. The molecule has 2 aromatic carbocycles. The zero-order valence-corrected chi connectivity index (χ0v) is 13.7. The molecule has 0 bridgehead atoms. The zero-order valence-electron chi connectivity index (χ0n) is 13.7. The first-order valence-electron chi connectivity index (χ1n) is 7.66. The summed E-state index contributed by atoms with van der Waals surface area (Å²) in [4.78, 5) is 11.7. The maximum absolute atomic E-state index is 11.7. The van der Waals surface area contributed by atoms with Crippen molar-refractivity contribution in [1.29, 1.82) is 0 Å². The highest BCUT2D eigenvalue weighted by molar-refractivity contribution is 5.94. The van der Waals surface area contributed by atoms with Crippen molar-refractivity contribution in [3.8, 4) is 11.5 Å². The van der Waals surface area contributed by atoms with Gasteiger partial charge in [-0.25, -0.2) is 4.79 Å². The summed E-state index contributed by atoms with van der Waals surface area (Å²) in [7, 11) is 3.00. The molecule has 1 heterocycles. The van der Waals surface area contributed by atoms with Gasteiger partial charge in [-0.1, -0.05) is 18.2 Å². The van der Waals surface area contributed by atoms with E-state index in [4.69, 9.17) is 14.2 Å². The summed E-state index contributed by atoms with van der Waals surface area (Å²) in [6.07, 6.45) is 1.98. The molecule has 5 nitrogen and oxygen atoms in total. The number of nitrogens with zero attached hydrogens (tertiary/aromatic N) is 1. The van der Waals surface area contributed by atoms with Crippen molar-refractivity contribution in [3.05, 3.63) is 60.3 Å². The van der Waals surface area contributed by atoms with Crippen molar-refractivity contribution in [2.24, 2.45) is 0 Å². The Labute approximate surface area is 140 Å². The molecule has 0 N–H and O–H groups in total. The van der Waals surface area contributed by atoms with Crippen LogP contribution >= 0.6 is 0 Å². The average molecular weight is 325 g/mol. The summed E-state index contributed by atoms with van der Waals surface area (Å²) in [5.74, 6) is 1.09. The number of fused-ring (bicyclic) bond motifs is 1. The molecule has 0 spiro atoms. The lowest BCUT2D eigenvalue weighted by Crippen LogP contribution is -2.08. The van der Waals surface area contributed by atoms with E-state index in [9.17, 15) is 4.79 Å². The number of rotatable bonds is 6. The monoisotopic (exact) mass is 325 g/mol. The minimum atomic E-state index is -0.338. The van der Waals surface area contributed by atoms with E-state index in [1.807, 2.05) is 48.7 Å². The van der Waals surface area contributed by atoms with Gasteiger partial charge in [0, 0.05) is 11.7 Å². The number of benzene rings is 2. The van der Waals surface area contributed by atoms with Crippen molar-refractivity contribution < 1.29 is 19.0 Å². The summed E-state index contributed by atoms with van der Waals surface area (Å²) in [6.45, 7) is 1.15. The topological polar surface area (TPSA) is 49.7 Å². The van der Waals surface area contributed by atoms with Gasteiger partial charge in [-0.15, -0.1) is 0 Å². The molecule has 1 aromatic heterocycles. The summed E-state index contributed by atoms with van der Waals surface area (Å²) < 4.78 is 17.9. The summed E-state index contributed by atoms with van der Waals surface area (Å²) in [5, 5.41) is 1.07. The molecule has 0 aliphatic carbocycles. The minimum Gasteiger partial charge on any atom is -0.493 e. The molecule has 0 aliphatic rings. The Morgan fingerprint density at radius 3 is 2.58 bits per heavy atom. The van der Waals surface area contributed by atoms with E-state index in [0.29, 0.717) is 30.2 Å². The number of hydrogen-bond donors (Lipinski definition) is 0. The fourth-order valence-electron chi connectivity index (χ4n) is 2.62. The highest BCUT2D eigenvalue weighted by Crippen LogP contribution is 2.26. The van der Waals surface area contributed by atoms with Crippen molar-refractivity contribution in [2.45, 2.75) is 6.54 Å². The lowest BCUT2D eigenvalue weighted by Gasteiger charge is -2.11. The number of hydrogen-bond acceptors (Lipinski definition) is 4. The molecule has 0 aliphatic heterocycles. The van der Waals surface area contributed by atoms with E-state index in [1.54, 1.807) is 13.2 Å². The standard InChI is InChI=1S/C19H19NO4/c1-22-17-5-3-4-6-18(17)24-12-11-20-10-9-14-7-8-15(13-16(14)20)19(21)23-2/h3-10,13H,11-12H2,1-2H3. The molecule has 3 aromatic rings. The van der Waals surface area contributed by atoms with E-state index < -0.39 is 0 Å². The molecular weight excluding hydrogens is 306 g/mol. The van der Waals surface area contributed by atoms with Crippen LogP contribution in [-0.4, -0.2) is 31.4 Å². The fraction of sp³-hybridized carbons (Fsp3) is 0.211. The average Bonchev–Trinajstić information content (AvgIpc) is 3.03. The highest BCUT2D eigenvalue weighted by atomic mass is 16.5. The van der Waals surface area contributed by atoms with Gasteiger partial charge in [0.15, 0.2) is 11.5 Å². The predicted octanol–water partition coefficient (Wildman–Crippen LogP) is 3.52. The van der Waals surface area contributed by atoms with Crippen LogP contribution in [0.25, 0.3) is 10.9 Å². The summed E-state index contributed by atoms with van der Waals surface area (Å²) in [6, 6.07) is 15.1. The first-order chi connectivity index (χ1) is 11.7. The van der Waals surface area contributed by atoms with Gasteiger partial charge < -0.3 is 18.8 Å². The molecule has 5 heteroatoms. The Balaban J connectivity index is 1.74. The van der Waals surface area contributed by atoms with Gasteiger partial charge in [-0.2, -0.15) is 0 Å². The number of methoxy groups -OCH3 is 2. The first kappa shape index (κ1) is 15.9. The number of aromatic nitrogens is 1. The second-order valence-corrected chi connectivity index (χ2v) is 5.27. The lowest BCUT2D eigenvalue weighted by atomic mass is 10.1. The van der Waals surface area contributed by atoms with E-state index in [1.165, 1.54) is 7.11 Å². The van der Waals surface area contributed by atoms with Crippen LogP contribution in [0.5, 0.6) is 11.5 Å². The number of para-hydroxylation sites is 2. The normalized spacial score (nSPS) is 10.6. The van der Waals surface area contributed by atoms with Crippen LogP contribution in [0.2, 0.25) is 0 Å². The van der Waals surface area contributed by atoms with Gasteiger partial charge in [-0.05, 0) is 35.7 Å². The molecule has 0 saturated heterocycles. The van der Waals surface area contributed by atoms with Crippen molar-refractivity contribution in [3.63, 3.8) is 0 Å². The van der Waals surface area contributed by atoms with E-state index in [0.717, 1.165) is 10.9 Å². The SMILES string of the molecule is COC(=O)c1ccc2ccn(CCOc3ccccc3OC)c2c1. The third-order valence-electron chi connectivity index (χ3n) is 3.85. The third kappa shape index (κ3) is 3.20. The van der Waals surface area contributed by atoms with Gasteiger partial charge in [-0.3, -0.25) is 0 Å². The first-order valence-corrected chi connectivity index (χ1v) is 7.66. The van der Waals surface area contributed by atoms with Crippen LogP contribution in [0.15, 0.2) is 54.7 Å². The number of carbonyl (C=O) groups is 1. The molecule has 0 saturated carbocycles. The molecule has 0 unspecified atom stereocenters. The Bertz CT molecular complexity index is 853. The Hall–Kier alpha value is -2.95. The van der Waals surface area contributed by atoms with Crippen LogP contribution < -0.4 is 9.47 Å². The Morgan fingerprint density at radius 1 is 1.04 bits per heavy atom. The maximum Gasteiger partial charge on any atom is 0.337 e. The summed E-state index contributed by atoms with van der Waals surface area (Å²) in [5.41, 5.74) is 1.51. The van der Waals surface area contributed by atoms with Gasteiger partial charge in [0.05, 0.1) is 26.3 Å². The van der Waals surface area contributed by atoms with Crippen LogP contribution in [0, 0.1) is 0 Å².